The van der Waals surface area contributed by atoms with Crippen LogP contribution in [0.25, 0.3) is 0 Å². The second kappa shape index (κ2) is 9.03. The van der Waals surface area contributed by atoms with Gasteiger partial charge >= 0.3 is 17.2 Å². The van der Waals surface area contributed by atoms with E-state index in [1.54, 1.807) is 24.3 Å². The van der Waals surface area contributed by atoms with Gasteiger partial charge in [0.15, 0.2) is 18.3 Å². The van der Waals surface area contributed by atoms with Crippen molar-refractivity contribution in [3.8, 4) is 5.75 Å². The summed E-state index contributed by atoms with van der Waals surface area (Å²) in [5.41, 5.74) is 0. The first-order chi connectivity index (χ1) is 12.0. The maximum atomic E-state index is 11.3. The number of para-hydroxylation sites is 1. The molecule has 1 aromatic rings. The lowest BCUT2D eigenvalue weighted by molar-refractivity contribution is -0.161. The molecule has 0 spiro atoms. The van der Waals surface area contributed by atoms with E-state index < -0.39 is 30.3 Å². The average Bonchev–Trinajstić information content (AvgIpc) is 2.55. The number of ether oxygens (including phenoxy) is 5. The minimum Gasteiger partial charge on any atom is -0.491 e. The summed E-state index contributed by atoms with van der Waals surface area (Å²) >= 11 is 5.10. The zero-order chi connectivity index (χ0) is 18.2. The van der Waals surface area contributed by atoms with E-state index in [-0.39, 0.29) is 11.8 Å². The second-order valence-electron chi connectivity index (χ2n) is 5.13. The molecule has 3 atom stereocenters. The molecular formula is C17H18O7S. The Morgan fingerprint density at radius 3 is 2.48 bits per heavy atom. The fraction of sp³-hybridized carbons (Fsp3) is 0.353. The van der Waals surface area contributed by atoms with Crippen LogP contribution < -0.4 is 4.74 Å². The fourth-order valence-corrected chi connectivity index (χ4v) is 2.32. The molecule has 134 valence electrons. The third-order valence-corrected chi connectivity index (χ3v) is 3.32. The van der Waals surface area contributed by atoms with Gasteiger partial charge in [0, 0.05) is 26.1 Å². The van der Waals surface area contributed by atoms with Crippen LogP contribution in [0.15, 0.2) is 42.7 Å². The van der Waals surface area contributed by atoms with Crippen LogP contribution in [-0.4, -0.2) is 42.1 Å². The van der Waals surface area contributed by atoms with Gasteiger partial charge in [0.05, 0.1) is 6.26 Å². The first kappa shape index (κ1) is 18.7. The average molecular weight is 366 g/mol. The van der Waals surface area contributed by atoms with Crippen molar-refractivity contribution < 1.29 is 33.3 Å². The molecule has 1 aliphatic heterocycles. The van der Waals surface area contributed by atoms with Crippen molar-refractivity contribution in [3.05, 3.63) is 42.7 Å². The van der Waals surface area contributed by atoms with Crippen LogP contribution in [0.5, 0.6) is 5.75 Å². The first-order valence-electron chi connectivity index (χ1n) is 7.52. The largest absolute Gasteiger partial charge is 0.491 e. The molecular weight excluding hydrogens is 348 g/mol. The number of carbonyl (C=O) groups is 2. The topological polar surface area (TPSA) is 80.3 Å². The quantitative estimate of drug-likeness (QED) is 0.579. The van der Waals surface area contributed by atoms with Crippen LogP contribution >= 0.6 is 12.2 Å². The van der Waals surface area contributed by atoms with Gasteiger partial charge in [0.25, 0.3) is 0 Å². The molecule has 0 unspecified atom stereocenters. The Labute approximate surface area is 150 Å². The number of carbonyl (C=O) groups excluding carboxylic acids is 2. The highest BCUT2D eigenvalue weighted by atomic mass is 32.1. The van der Waals surface area contributed by atoms with Crippen molar-refractivity contribution in [3.63, 3.8) is 0 Å². The van der Waals surface area contributed by atoms with E-state index in [0.717, 1.165) is 0 Å². The molecule has 0 radical (unpaired) electrons. The molecule has 0 aromatic heterocycles. The van der Waals surface area contributed by atoms with Gasteiger partial charge in [0.1, 0.15) is 12.4 Å². The maximum Gasteiger partial charge on any atom is 0.358 e. The van der Waals surface area contributed by atoms with E-state index in [9.17, 15) is 9.59 Å². The second-order valence-corrected chi connectivity index (χ2v) is 5.46. The zero-order valence-corrected chi connectivity index (χ0v) is 14.6. The van der Waals surface area contributed by atoms with Crippen molar-refractivity contribution in [2.24, 2.45) is 0 Å². The summed E-state index contributed by atoms with van der Waals surface area (Å²) in [5.74, 6) is -0.462. The molecule has 0 saturated carbocycles. The monoisotopic (exact) mass is 366 g/mol. The first-order valence-corrected chi connectivity index (χ1v) is 7.92. The molecule has 7 nitrogen and oxygen atoms in total. The van der Waals surface area contributed by atoms with E-state index in [1.165, 1.54) is 26.2 Å². The van der Waals surface area contributed by atoms with Crippen LogP contribution in [0.1, 0.15) is 13.8 Å². The Balaban J connectivity index is 2.07. The number of thiocarbonyl (C=S) groups is 1. The van der Waals surface area contributed by atoms with Gasteiger partial charge in [-0.1, -0.05) is 18.2 Å². The third-order valence-electron chi connectivity index (χ3n) is 3.14. The molecule has 0 N–H and O–H groups in total. The van der Waals surface area contributed by atoms with Crippen molar-refractivity contribution in [1.82, 2.24) is 0 Å². The fourth-order valence-electron chi connectivity index (χ4n) is 2.12. The Morgan fingerprint density at radius 2 is 1.84 bits per heavy atom. The molecule has 8 heteroatoms. The van der Waals surface area contributed by atoms with E-state index in [0.29, 0.717) is 5.75 Å². The van der Waals surface area contributed by atoms with E-state index in [2.05, 4.69) is 0 Å². The maximum absolute atomic E-state index is 11.3. The van der Waals surface area contributed by atoms with Crippen molar-refractivity contribution in [1.29, 1.82) is 0 Å². The van der Waals surface area contributed by atoms with Crippen molar-refractivity contribution >= 4 is 29.4 Å². The van der Waals surface area contributed by atoms with Gasteiger partial charge in [-0.2, -0.15) is 0 Å². The van der Waals surface area contributed by atoms with Crippen molar-refractivity contribution in [2.75, 3.05) is 6.61 Å². The summed E-state index contributed by atoms with van der Waals surface area (Å²) in [6.45, 7) is 2.47. The highest BCUT2D eigenvalue weighted by Gasteiger charge is 2.38. The van der Waals surface area contributed by atoms with Crippen LogP contribution in [0.2, 0.25) is 0 Å². The van der Waals surface area contributed by atoms with Crippen molar-refractivity contribution in [2.45, 2.75) is 32.2 Å². The smallest absolute Gasteiger partial charge is 0.358 e. The number of rotatable bonds is 5. The number of benzene rings is 1. The SMILES string of the molecule is CC(=O)OC[C@@H]1OC=C[C@H](OC(C)=O)[C@H]1OC(=S)Oc1ccccc1. The lowest BCUT2D eigenvalue weighted by atomic mass is 10.1. The number of hydrogen-bond donors (Lipinski definition) is 0. The minimum atomic E-state index is -0.829. The van der Waals surface area contributed by atoms with Crippen LogP contribution in [0.3, 0.4) is 0 Å². The summed E-state index contributed by atoms with van der Waals surface area (Å²) in [4.78, 5) is 22.3. The zero-order valence-electron chi connectivity index (χ0n) is 13.7. The van der Waals surface area contributed by atoms with E-state index in [4.69, 9.17) is 35.9 Å². The Kier molecular flexibility index (Phi) is 6.76. The van der Waals surface area contributed by atoms with Gasteiger partial charge in [-0.25, -0.2) is 0 Å². The van der Waals surface area contributed by atoms with Crippen LogP contribution in [0, 0.1) is 0 Å². The predicted molar refractivity (Wildman–Crippen MR) is 90.7 cm³/mol. The molecule has 2 rings (SSSR count). The lowest BCUT2D eigenvalue weighted by Crippen LogP contribution is -2.48. The highest BCUT2D eigenvalue weighted by Crippen LogP contribution is 2.21. The summed E-state index contributed by atoms with van der Waals surface area (Å²) in [7, 11) is 0. The molecule has 0 saturated heterocycles. The molecule has 1 aromatic carbocycles. The molecule has 0 fully saturated rings. The van der Waals surface area contributed by atoms with E-state index >= 15 is 0 Å². The molecule has 1 heterocycles. The third kappa shape index (κ3) is 6.07. The summed E-state index contributed by atoms with van der Waals surface area (Å²) in [6, 6.07) is 8.84. The Hall–Kier alpha value is -2.61. The lowest BCUT2D eigenvalue weighted by Gasteiger charge is -2.33. The Morgan fingerprint density at radius 1 is 1.12 bits per heavy atom. The van der Waals surface area contributed by atoms with Gasteiger partial charge in [0.2, 0.25) is 0 Å². The number of esters is 2. The highest BCUT2D eigenvalue weighted by molar-refractivity contribution is 7.79. The molecule has 25 heavy (non-hydrogen) atoms. The Bertz CT molecular complexity index is 644. The summed E-state index contributed by atoms with van der Waals surface area (Å²) in [6.07, 6.45) is 0.577. The van der Waals surface area contributed by atoms with Gasteiger partial charge in [-0.05, 0) is 18.2 Å². The van der Waals surface area contributed by atoms with Gasteiger partial charge < -0.3 is 23.7 Å². The molecule has 0 amide bonds. The summed E-state index contributed by atoms with van der Waals surface area (Å²) in [5, 5.41) is -0.167. The predicted octanol–water partition coefficient (Wildman–Crippen LogP) is 2.14. The summed E-state index contributed by atoms with van der Waals surface area (Å²) < 4.78 is 26.6. The molecule has 0 bridgehead atoms. The standard InChI is InChI=1S/C17H18O7S/c1-11(18)21-10-15-16(14(8-9-20-15)22-12(2)19)24-17(25)23-13-6-4-3-5-7-13/h3-9,14-16H,10H2,1-2H3/t14-,15-,16+/m0/s1. The normalized spacial score (nSPS) is 21.6. The van der Waals surface area contributed by atoms with Gasteiger partial charge in [-0.15, -0.1) is 0 Å². The molecule has 0 aliphatic carbocycles. The van der Waals surface area contributed by atoms with E-state index in [1.807, 2.05) is 6.07 Å². The van der Waals surface area contributed by atoms with Crippen LogP contribution in [0.4, 0.5) is 0 Å². The number of hydrogen-bond acceptors (Lipinski definition) is 8. The van der Waals surface area contributed by atoms with Gasteiger partial charge in [-0.3, -0.25) is 9.59 Å². The minimum absolute atomic E-state index is 0.0872. The molecule has 1 aliphatic rings. The van der Waals surface area contributed by atoms with Crippen LogP contribution in [-0.2, 0) is 28.5 Å².